The Morgan fingerprint density at radius 3 is 2.31 bits per heavy atom. The molecule has 0 heterocycles. The maximum atomic E-state index is 9.23. The maximum absolute atomic E-state index is 9.23. The quantitative estimate of drug-likeness (QED) is 0.536. The van der Waals surface area contributed by atoms with Crippen LogP contribution in [0.25, 0.3) is 0 Å². The highest BCUT2D eigenvalue weighted by atomic mass is 16.5. The third-order valence-electron chi connectivity index (χ3n) is 1.86. The summed E-state index contributed by atoms with van der Waals surface area (Å²) in [4.78, 5) is 0. The van der Waals surface area contributed by atoms with E-state index >= 15 is 0 Å². The zero-order valence-electron chi connectivity index (χ0n) is 7.74. The number of aliphatic hydroxyl groups excluding tert-OH is 1. The van der Waals surface area contributed by atoms with Crippen molar-refractivity contribution >= 4 is 5.90 Å². The van der Waals surface area contributed by atoms with Crippen molar-refractivity contribution in [2.45, 2.75) is 13.0 Å². The first-order chi connectivity index (χ1) is 6.15. The van der Waals surface area contributed by atoms with Gasteiger partial charge in [0.05, 0.1) is 13.2 Å². The molecule has 13 heavy (non-hydrogen) atoms. The second kappa shape index (κ2) is 4.05. The van der Waals surface area contributed by atoms with Crippen LogP contribution in [-0.2, 0) is 4.74 Å². The molecule has 70 valence electrons. The lowest BCUT2D eigenvalue weighted by molar-refractivity contribution is 0.199. The highest BCUT2D eigenvalue weighted by Crippen LogP contribution is 2.12. The summed E-state index contributed by atoms with van der Waals surface area (Å²) in [6.45, 7) is 1.71. The van der Waals surface area contributed by atoms with Crippen molar-refractivity contribution in [1.82, 2.24) is 0 Å². The van der Waals surface area contributed by atoms with E-state index < -0.39 is 6.10 Å². The molecule has 1 atom stereocenters. The lowest BCUT2D eigenvalue weighted by Gasteiger charge is -2.06. The van der Waals surface area contributed by atoms with Crippen LogP contribution in [0.2, 0.25) is 0 Å². The Kier molecular flexibility index (Phi) is 3.03. The molecule has 3 heteroatoms. The molecule has 0 radical (unpaired) electrons. The predicted octanol–water partition coefficient (Wildman–Crippen LogP) is 1.71. The fraction of sp³-hybridized carbons (Fsp3) is 0.300. The summed E-state index contributed by atoms with van der Waals surface area (Å²) in [5.74, 6) is 0.136. The van der Waals surface area contributed by atoms with E-state index in [-0.39, 0.29) is 5.90 Å². The summed E-state index contributed by atoms with van der Waals surface area (Å²) in [5, 5.41) is 16.6. The van der Waals surface area contributed by atoms with Gasteiger partial charge in [-0.05, 0) is 24.6 Å². The SMILES string of the molecule is COC(=N)c1ccc(C(C)O)cc1. The standard InChI is InChI=1S/C10H13NO2/c1-7(12)8-3-5-9(6-4-8)10(11)13-2/h3-7,11-12H,1-2H3. The molecule has 0 aliphatic carbocycles. The maximum Gasteiger partial charge on any atom is 0.212 e. The van der Waals surface area contributed by atoms with Gasteiger partial charge < -0.3 is 9.84 Å². The van der Waals surface area contributed by atoms with Crippen molar-refractivity contribution in [1.29, 1.82) is 5.41 Å². The molecule has 3 nitrogen and oxygen atoms in total. The zero-order valence-corrected chi connectivity index (χ0v) is 7.74. The number of rotatable bonds is 2. The molecule has 1 unspecified atom stereocenters. The molecule has 0 bridgehead atoms. The van der Waals surface area contributed by atoms with Gasteiger partial charge in [0.25, 0.3) is 0 Å². The molecule has 0 amide bonds. The summed E-state index contributed by atoms with van der Waals surface area (Å²) in [6.07, 6.45) is -0.467. The van der Waals surface area contributed by atoms with Crippen LogP contribution >= 0.6 is 0 Å². The van der Waals surface area contributed by atoms with E-state index in [4.69, 9.17) is 10.1 Å². The Labute approximate surface area is 77.5 Å². The van der Waals surface area contributed by atoms with E-state index in [1.54, 1.807) is 31.2 Å². The number of aliphatic hydroxyl groups is 1. The van der Waals surface area contributed by atoms with Crippen LogP contribution < -0.4 is 0 Å². The van der Waals surface area contributed by atoms with Gasteiger partial charge in [-0.3, -0.25) is 5.41 Å². The largest absolute Gasteiger partial charge is 0.481 e. The molecular formula is C10H13NO2. The van der Waals surface area contributed by atoms with Crippen LogP contribution in [0.3, 0.4) is 0 Å². The van der Waals surface area contributed by atoms with Crippen LogP contribution in [0, 0.1) is 5.41 Å². The van der Waals surface area contributed by atoms with Gasteiger partial charge in [0.1, 0.15) is 0 Å². The first kappa shape index (κ1) is 9.74. The topological polar surface area (TPSA) is 53.3 Å². The van der Waals surface area contributed by atoms with Gasteiger partial charge in [0.15, 0.2) is 0 Å². The van der Waals surface area contributed by atoms with Gasteiger partial charge in [-0.2, -0.15) is 0 Å². The molecule has 0 spiro atoms. The first-order valence-electron chi connectivity index (χ1n) is 4.06. The average molecular weight is 179 g/mol. The third-order valence-corrected chi connectivity index (χ3v) is 1.86. The molecule has 0 aromatic heterocycles. The molecule has 0 aliphatic heterocycles. The van der Waals surface area contributed by atoms with Crippen molar-refractivity contribution in [3.63, 3.8) is 0 Å². The summed E-state index contributed by atoms with van der Waals surface area (Å²) in [6, 6.07) is 7.09. The molecule has 1 aromatic carbocycles. The monoisotopic (exact) mass is 179 g/mol. The van der Waals surface area contributed by atoms with E-state index in [1.807, 2.05) is 0 Å². The summed E-state index contributed by atoms with van der Waals surface area (Å²) in [5.41, 5.74) is 1.56. The molecule has 1 aromatic rings. The van der Waals surface area contributed by atoms with Crippen LogP contribution in [0.4, 0.5) is 0 Å². The van der Waals surface area contributed by atoms with E-state index in [2.05, 4.69) is 0 Å². The van der Waals surface area contributed by atoms with E-state index in [9.17, 15) is 5.11 Å². The number of nitrogens with one attached hydrogen (secondary N) is 1. The lowest BCUT2D eigenvalue weighted by Crippen LogP contribution is -2.01. The van der Waals surface area contributed by atoms with Gasteiger partial charge in [0.2, 0.25) is 5.90 Å². The molecule has 1 rings (SSSR count). The average Bonchev–Trinajstić information content (AvgIpc) is 2.17. The summed E-state index contributed by atoms with van der Waals surface area (Å²) >= 11 is 0. The summed E-state index contributed by atoms with van der Waals surface area (Å²) < 4.78 is 4.76. The molecule has 0 fully saturated rings. The number of benzene rings is 1. The van der Waals surface area contributed by atoms with Crippen LogP contribution in [0.5, 0.6) is 0 Å². The first-order valence-corrected chi connectivity index (χ1v) is 4.06. The normalized spacial score (nSPS) is 12.2. The van der Waals surface area contributed by atoms with Crippen molar-refractivity contribution in [3.05, 3.63) is 35.4 Å². The third kappa shape index (κ3) is 2.29. The van der Waals surface area contributed by atoms with Gasteiger partial charge in [-0.1, -0.05) is 12.1 Å². The Hall–Kier alpha value is -1.35. The zero-order chi connectivity index (χ0) is 9.84. The Bertz CT molecular complexity index is 290. The predicted molar refractivity (Wildman–Crippen MR) is 50.9 cm³/mol. The molecule has 0 aliphatic rings. The van der Waals surface area contributed by atoms with E-state index in [0.29, 0.717) is 5.56 Å². The van der Waals surface area contributed by atoms with Gasteiger partial charge in [-0.15, -0.1) is 0 Å². The molecular weight excluding hydrogens is 166 g/mol. The molecule has 0 saturated carbocycles. The second-order valence-corrected chi connectivity index (χ2v) is 2.83. The number of ether oxygens (including phenoxy) is 1. The van der Waals surface area contributed by atoms with Gasteiger partial charge in [-0.25, -0.2) is 0 Å². The van der Waals surface area contributed by atoms with E-state index in [0.717, 1.165) is 5.56 Å². The van der Waals surface area contributed by atoms with Crippen molar-refractivity contribution in [2.24, 2.45) is 0 Å². The highest BCUT2D eigenvalue weighted by Gasteiger charge is 2.02. The summed E-state index contributed by atoms with van der Waals surface area (Å²) in [7, 11) is 1.46. The minimum atomic E-state index is -0.467. The van der Waals surface area contributed by atoms with Crippen molar-refractivity contribution in [2.75, 3.05) is 7.11 Å². The van der Waals surface area contributed by atoms with Crippen LogP contribution in [-0.4, -0.2) is 18.1 Å². The van der Waals surface area contributed by atoms with Gasteiger partial charge >= 0.3 is 0 Å². The molecule has 2 N–H and O–H groups in total. The van der Waals surface area contributed by atoms with Gasteiger partial charge in [0, 0.05) is 5.56 Å². The molecule has 0 saturated heterocycles. The minimum absolute atomic E-state index is 0.136. The van der Waals surface area contributed by atoms with Crippen LogP contribution in [0.1, 0.15) is 24.2 Å². The minimum Gasteiger partial charge on any atom is -0.481 e. The highest BCUT2D eigenvalue weighted by molar-refractivity contribution is 5.91. The van der Waals surface area contributed by atoms with Crippen LogP contribution in [0.15, 0.2) is 24.3 Å². The number of hydrogen-bond donors (Lipinski definition) is 2. The second-order valence-electron chi connectivity index (χ2n) is 2.83. The van der Waals surface area contributed by atoms with E-state index in [1.165, 1.54) is 7.11 Å². The lowest BCUT2D eigenvalue weighted by atomic mass is 10.1. The number of methoxy groups -OCH3 is 1. The Morgan fingerprint density at radius 2 is 1.92 bits per heavy atom. The fourth-order valence-electron chi connectivity index (χ4n) is 1.03. The van der Waals surface area contributed by atoms with Crippen molar-refractivity contribution < 1.29 is 9.84 Å². The Balaban J connectivity index is 2.87. The smallest absolute Gasteiger partial charge is 0.212 e. The number of hydrogen-bond acceptors (Lipinski definition) is 3. The van der Waals surface area contributed by atoms with Crippen molar-refractivity contribution in [3.8, 4) is 0 Å². The Morgan fingerprint density at radius 1 is 1.38 bits per heavy atom. The fourth-order valence-corrected chi connectivity index (χ4v) is 1.03.